The molecule has 0 aromatic carbocycles. The maximum atomic E-state index is 4.53. The third kappa shape index (κ3) is 5.04. The highest BCUT2D eigenvalue weighted by atomic mass is 32.1. The van der Waals surface area contributed by atoms with Gasteiger partial charge in [0.1, 0.15) is 0 Å². The predicted molar refractivity (Wildman–Crippen MR) is 80.1 cm³/mol. The fraction of sp³-hybridized carbons (Fsp3) is 0.786. The maximum absolute atomic E-state index is 4.53. The van der Waals surface area contributed by atoms with E-state index in [1.807, 2.05) is 0 Å². The van der Waals surface area contributed by atoms with E-state index in [0.29, 0.717) is 18.0 Å². The first-order valence-electron chi connectivity index (χ1n) is 6.74. The van der Waals surface area contributed by atoms with E-state index in [0.717, 1.165) is 18.1 Å². The number of nitrogens with one attached hydrogen (secondary N) is 1. The summed E-state index contributed by atoms with van der Waals surface area (Å²) in [6.07, 6.45) is 0. The smallest absolute Gasteiger partial charge is 0.0897 e. The van der Waals surface area contributed by atoms with Crippen LogP contribution in [0.5, 0.6) is 0 Å². The van der Waals surface area contributed by atoms with Crippen LogP contribution in [-0.4, -0.2) is 35.6 Å². The minimum Gasteiger partial charge on any atom is -0.314 e. The van der Waals surface area contributed by atoms with Gasteiger partial charge in [-0.25, -0.2) is 4.98 Å². The summed E-state index contributed by atoms with van der Waals surface area (Å²) in [5, 5.41) is 6.82. The van der Waals surface area contributed by atoms with Crippen molar-refractivity contribution < 1.29 is 0 Å². The van der Waals surface area contributed by atoms with Gasteiger partial charge in [-0.3, -0.25) is 4.90 Å². The Hall–Kier alpha value is -0.450. The summed E-state index contributed by atoms with van der Waals surface area (Å²) in [6, 6.07) is 1.12. The normalized spacial score (nSPS) is 15.3. The molecule has 1 heterocycles. The highest BCUT2D eigenvalue weighted by Gasteiger charge is 2.17. The lowest BCUT2D eigenvalue weighted by Crippen LogP contribution is -2.40. The van der Waals surface area contributed by atoms with E-state index in [4.69, 9.17) is 0 Å². The van der Waals surface area contributed by atoms with Crippen LogP contribution in [0.25, 0.3) is 0 Å². The lowest BCUT2D eigenvalue weighted by molar-refractivity contribution is 0.185. The van der Waals surface area contributed by atoms with Crippen molar-refractivity contribution in [2.75, 3.05) is 13.6 Å². The Bertz CT molecular complexity index is 349. The lowest BCUT2D eigenvalue weighted by Gasteiger charge is -2.30. The molecular weight excluding hydrogens is 242 g/mol. The molecule has 0 saturated carbocycles. The van der Waals surface area contributed by atoms with Crippen LogP contribution >= 0.6 is 11.3 Å². The topological polar surface area (TPSA) is 28.2 Å². The Morgan fingerprint density at radius 1 is 1.33 bits per heavy atom. The molecule has 2 unspecified atom stereocenters. The highest BCUT2D eigenvalue weighted by molar-refractivity contribution is 7.09. The molecule has 4 heteroatoms. The van der Waals surface area contributed by atoms with Crippen LogP contribution in [0.1, 0.15) is 38.4 Å². The van der Waals surface area contributed by atoms with E-state index in [9.17, 15) is 0 Å². The van der Waals surface area contributed by atoms with Gasteiger partial charge in [-0.2, -0.15) is 0 Å². The van der Waals surface area contributed by atoms with Gasteiger partial charge in [0.2, 0.25) is 0 Å². The van der Waals surface area contributed by atoms with Crippen molar-refractivity contribution in [2.45, 2.75) is 53.2 Å². The molecule has 0 radical (unpaired) electrons. The van der Waals surface area contributed by atoms with Crippen molar-refractivity contribution in [3.8, 4) is 0 Å². The van der Waals surface area contributed by atoms with Crippen LogP contribution < -0.4 is 5.32 Å². The van der Waals surface area contributed by atoms with Crippen molar-refractivity contribution in [1.82, 2.24) is 15.2 Å². The summed E-state index contributed by atoms with van der Waals surface area (Å²) < 4.78 is 0. The van der Waals surface area contributed by atoms with Gasteiger partial charge in [-0.05, 0) is 33.4 Å². The summed E-state index contributed by atoms with van der Waals surface area (Å²) in [5.41, 5.74) is 1.19. The van der Waals surface area contributed by atoms with Crippen LogP contribution in [0, 0.1) is 12.8 Å². The molecule has 1 aromatic rings. The van der Waals surface area contributed by atoms with Crippen LogP contribution in [-0.2, 0) is 6.54 Å². The fourth-order valence-corrected chi connectivity index (χ4v) is 2.51. The quantitative estimate of drug-likeness (QED) is 0.825. The monoisotopic (exact) mass is 269 g/mol. The minimum atomic E-state index is 0.554. The fourth-order valence-electron chi connectivity index (χ4n) is 1.91. The van der Waals surface area contributed by atoms with Gasteiger partial charge in [0.05, 0.1) is 10.7 Å². The largest absolute Gasteiger partial charge is 0.314 e. The lowest BCUT2D eigenvalue weighted by atomic mass is 10.0. The van der Waals surface area contributed by atoms with E-state index in [-0.39, 0.29) is 0 Å². The van der Waals surface area contributed by atoms with E-state index in [1.165, 1.54) is 5.69 Å². The van der Waals surface area contributed by atoms with Gasteiger partial charge in [0, 0.05) is 24.0 Å². The number of thiazole rings is 1. The first kappa shape index (κ1) is 15.6. The van der Waals surface area contributed by atoms with Crippen molar-refractivity contribution in [3.05, 3.63) is 16.1 Å². The number of hydrogen-bond acceptors (Lipinski definition) is 4. The van der Waals surface area contributed by atoms with Crippen molar-refractivity contribution in [1.29, 1.82) is 0 Å². The molecule has 104 valence electrons. The number of aromatic nitrogens is 1. The molecule has 0 saturated heterocycles. The van der Waals surface area contributed by atoms with Crippen molar-refractivity contribution in [2.24, 2.45) is 5.92 Å². The Kier molecular flexibility index (Phi) is 6.26. The van der Waals surface area contributed by atoms with Gasteiger partial charge >= 0.3 is 0 Å². The summed E-state index contributed by atoms with van der Waals surface area (Å²) in [4.78, 5) is 6.92. The second-order valence-corrected chi connectivity index (χ2v) is 6.62. The van der Waals surface area contributed by atoms with Gasteiger partial charge in [0.25, 0.3) is 0 Å². The Morgan fingerprint density at radius 2 is 2.00 bits per heavy atom. The van der Waals surface area contributed by atoms with Crippen molar-refractivity contribution >= 4 is 11.3 Å². The van der Waals surface area contributed by atoms with Gasteiger partial charge in [-0.15, -0.1) is 11.3 Å². The molecule has 0 spiro atoms. The zero-order valence-electron chi connectivity index (χ0n) is 12.5. The zero-order chi connectivity index (χ0) is 13.7. The summed E-state index contributed by atoms with van der Waals surface area (Å²) in [7, 11) is 2.19. The molecule has 1 N–H and O–H groups in total. The van der Waals surface area contributed by atoms with E-state index < -0.39 is 0 Å². The second kappa shape index (κ2) is 7.22. The molecule has 0 bridgehead atoms. The first-order valence-corrected chi connectivity index (χ1v) is 7.62. The predicted octanol–water partition coefficient (Wildman–Crippen LogP) is 2.91. The molecule has 1 rings (SSSR count). The average Bonchev–Trinajstić information content (AvgIpc) is 2.70. The Labute approximate surface area is 116 Å². The van der Waals surface area contributed by atoms with Crippen LogP contribution in [0.4, 0.5) is 0 Å². The number of rotatable bonds is 7. The first-order chi connectivity index (χ1) is 8.40. The molecule has 0 amide bonds. The highest BCUT2D eigenvalue weighted by Crippen LogP contribution is 2.14. The van der Waals surface area contributed by atoms with E-state index in [2.05, 4.69) is 62.2 Å². The van der Waals surface area contributed by atoms with E-state index in [1.54, 1.807) is 11.3 Å². The molecule has 0 aliphatic heterocycles. The number of hydrogen-bond donors (Lipinski definition) is 1. The summed E-state index contributed by atoms with van der Waals surface area (Å²) in [6.45, 7) is 13.1. The molecular formula is C14H27N3S. The summed E-state index contributed by atoms with van der Waals surface area (Å²) >= 11 is 1.73. The molecule has 2 atom stereocenters. The van der Waals surface area contributed by atoms with Gasteiger partial charge in [0.15, 0.2) is 0 Å². The Morgan fingerprint density at radius 3 is 2.50 bits per heavy atom. The molecule has 3 nitrogen and oxygen atoms in total. The van der Waals surface area contributed by atoms with Crippen LogP contribution in [0.15, 0.2) is 5.38 Å². The molecule has 0 aliphatic rings. The average molecular weight is 269 g/mol. The number of aryl methyl sites for hydroxylation is 1. The van der Waals surface area contributed by atoms with Crippen molar-refractivity contribution in [3.63, 3.8) is 0 Å². The van der Waals surface area contributed by atoms with Gasteiger partial charge in [-0.1, -0.05) is 20.8 Å². The summed E-state index contributed by atoms with van der Waals surface area (Å²) in [5.74, 6) is 0.636. The van der Waals surface area contributed by atoms with Gasteiger partial charge < -0.3 is 5.32 Å². The molecule has 1 aromatic heterocycles. The molecule has 0 aliphatic carbocycles. The van der Waals surface area contributed by atoms with E-state index >= 15 is 0 Å². The number of nitrogens with zero attached hydrogens (tertiary/aromatic N) is 2. The Balaban J connectivity index is 2.42. The zero-order valence-corrected chi connectivity index (χ0v) is 13.3. The third-order valence-corrected chi connectivity index (χ3v) is 4.27. The van der Waals surface area contributed by atoms with Crippen LogP contribution in [0.3, 0.4) is 0 Å². The third-order valence-electron chi connectivity index (χ3n) is 3.44. The maximum Gasteiger partial charge on any atom is 0.0897 e. The SMILES string of the molecule is Cc1nc(CN(C)C(C)C(C)CNC(C)C)cs1. The van der Waals surface area contributed by atoms with Crippen LogP contribution in [0.2, 0.25) is 0 Å². The molecule has 0 fully saturated rings. The minimum absolute atomic E-state index is 0.554. The molecule has 18 heavy (non-hydrogen) atoms. The second-order valence-electron chi connectivity index (χ2n) is 5.55. The standard InChI is InChI=1S/C14H27N3S/c1-10(2)15-7-11(3)12(4)17(6)8-14-9-18-13(5)16-14/h9-12,15H,7-8H2,1-6H3.